The quantitative estimate of drug-likeness (QED) is 0.264. The van der Waals surface area contributed by atoms with Crippen molar-refractivity contribution in [3.8, 4) is 0 Å². The average molecular weight is 585 g/mol. The van der Waals surface area contributed by atoms with Crippen LogP contribution in [0.5, 0.6) is 0 Å². The van der Waals surface area contributed by atoms with Gasteiger partial charge in [-0.2, -0.15) is 0 Å². The second-order valence-electron chi connectivity index (χ2n) is 12.2. The van der Waals surface area contributed by atoms with Crippen molar-refractivity contribution < 1.29 is 19.1 Å². The van der Waals surface area contributed by atoms with Crippen LogP contribution in [0.4, 0.5) is 0 Å². The number of likely N-dealkylation sites (N-methyl/N-ethyl adjacent to an activating group) is 1. The first-order valence-electron chi connectivity index (χ1n) is 15.3. The monoisotopic (exact) mass is 584 g/mol. The molecule has 0 aliphatic carbocycles. The van der Waals surface area contributed by atoms with E-state index in [-0.39, 0.29) is 17.9 Å². The molecule has 1 N–H and O–H groups in total. The zero-order chi connectivity index (χ0) is 29.9. The van der Waals surface area contributed by atoms with Crippen molar-refractivity contribution in [1.82, 2.24) is 19.4 Å². The predicted octanol–water partition coefficient (Wildman–Crippen LogP) is 6.30. The summed E-state index contributed by atoms with van der Waals surface area (Å²) in [5.41, 5.74) is 5.57. The molecule has 8 heteroatoms. The SMILES string of the molecule is CC[C@]12O[C@H](C[C@@H](N(C)C(=O)c3ccccc3)[C@H]1OC)n1c3ccccc3c3c4c(c5c6ccccc6n2c5c31)CNC4=O. The number of ether oxygens (including phenoxy) is 2. The van der Waals surface area contributed by atoms with Crippen molar-refractivity contribution >= 4 is 55.4 Å². The molecule has 4 aromatic carbocycles. The number of nitrogens with zero attached hydrogens (tertiary/aromatic N) is 3. The number of carbonyl (C=O) groups excluding carboxylic acids is 2. The van der Waals surface area contributed by atoms with Gasteiger partial charge in [0.2, 0.25) is 0 Å². The number of hydrogen-bond donors (Lipinski definition) is 1. The second-order valence-corrected chi connectivity index (χ2v) is 12.2. The van der Waals surface area contributed by atoms with Crippen LogP contribution in [-0.2, 0) is 21.7 Å². The molecule has 2 bridgehead atoms. The van der Waals surface area contributed by atoms with Gasteiger partial charge in [-0.15, -0.1) is 0 Å². The molecule has 5 heterocycles. The van der Waals surface area contributed by atoms with Crippen LogP contribution in [0, 0.1) is 0 Å². The average Bonchev–Trinajstić information content (AvgIpc) is 3.71. The molecular weight excluding hydrogens is 552 g/mol. The number of fused-ring (bicyclic) bond motifs is 13. The summed E-state index contributed by atoms with van der Waals surface area (Å²) in [6.07, 6.45) is 0.248. The first-order valence-corrected chi connectivity index (χ1v) is 15.3. The topological polar surface area (TPSA) is 77.7 Å². The van der Waals surface area contributed by atoms with Crippen molar-refractivity contribution in [2.45, 2.75) is 50.4 Å². The van der Waals surface area contributed by atoms with Gasteiger partial charge in [-0.3, -0.25) is 9.59 Å². The minimum atomic E-state index is -0.938. The summed E-state index contributed by atoms with van der Waals surface area (Å²) in [6, 6.07) is 25.8. The Labute approximate surface area is 253 Å². The van der Waals surface area contributed by atoms with Crippen LogP contribution in [0.25, 0.3) is 43.6 Å². The fourth-order valence-electron chi connectivity index (χ4n) is 8.57. The zero-order valence-corrected chi connectivity index (χ0v) is 24.8. The lowest BCUT2D eigenvalue weighted by molar-refractivity contribution is -0.274. The molecule has 0 spiro atoms. The Morgan fingerprint density at radius 1 is 0.977 bits per heavy atom. The van der Waals surface area contributed by atoms with Gasteiger partial charge in [0, 0.05) is 54.2 Å². The van der Waals surface area contributed by atoms with E-state index in [9.17, 15) is 9.59 Å². The summed E-state index contributed by atoms with van der Waals surface area (Å²) in [4.78, 5) is 29.4. The molecule has 0 radical (unpaired) electrons. The summed E-state index contributed by atoms with van der Waals surface area (Å²) < 4.78 is 18.5. The minimum absolute atomic E-state index is 0.0409. The molecule has 6 aromatic rings. The molecule has 3 aliphatic heterocycles. The van der Waals surface area contributed by atoms with E-state index in [2.05, 4.69) is 57.8 Å². The number of para-hydroxylation sites is 2. The Morgan fingerprint density at radius 3 is 2.39 bits per heavy atom. The molecule has 0 saturated carbocycles. The van der Waals surface area contributed by atoms with E-state index in [0.29, 0.717) is 24.9 Å². The Balaban J connectivity index is 1.44. The summed E-state index contributed by atoms with van der Waals surface area (Å²) in [6.45, 7) is 2.61. The van der Waals surface area contributed by atoms with Crippen molar-refractivity contribution in [3.63, 3.8) is 0 Å². The van der Waals surface area contributed by atoms with Crippen LogP contribution in [0.2, 0.25) is 0 Å². The molecule has 4 atom stereocenters. The number of hydrogen-bond acceptors (Lipinski definition) is 4. The van der Waals surface area contributed by atoms with Gasteiger partial charge in [0.25, 0.3) is 11.8 Å². The number of benzene rings is 4. The van der Waals surface area contributed by atoms with Gasteiger partial charge in [0.05, 0.1) is 33.7 Å². The second kappa shape index (κ2) is 8.94. The van der Waals surface area contributed by atoms with Gasteiger partial charge < -0.3 is 28.8 Å². The van der Waals surface area contributed by atoms with E-state index in [1.807, 2.05) is 54.4 Å². The van der Waals surface area contributed by atoms with Gasteiger partial charge in [-0.1, -0.05) is 61.5 Å². The standard InChI is InChI=1S/C36H32N4O4/c1-4-36-33(43-3)26(38(2)35(42)20-12-6-5-7-13-20)18-27(44-36)39-24-16-10-8-14-21(24)29-30-23(19-37-34(30)41)28-22-15-9-11-17-25(22)40(36)32(28)31(29)39/h5-17,26-27,33H,4,18-19H2,1-3H3,(H,37,41)/t26-,27-,33-,36+/m1/s1. The van der Waals surface area contributed by atoms with E-state index in [4.69, 9.17) is 9.47 Å². The predicted molar refractivity (Wildman–Crippen MR) is 170 cm³/mol. The van der Waals surface area contributed by atoms with Crippen LogP contribution in [0.15, 0.2) is 78.9 Å². The van der Waals surface area contributed by atoms with E-state index in [0.717, 1.165) is 54.7 Å². The normalized spacial score (nSPS) is 23.9. The molecule has 8 nitrogen and oxygen atoms in total. The summed E-state index contributed by atoms with van der Waals surface area (Å²) in [5.74, 6) is -0.0958. The molecule has 2 aromatic heterocycles. The molecule has 0 unspecified atom stereocenters. The molecule has 2 amide bonds. The van der Waals surface area contributed by atoms with Gasteiger partial charge in [-0.25, -0.2) is 0 Å². The Morgan fingerprint density at radius 2 is 1.66 bits per heavy atom. The lowest BCUT2D eigenvalue weighted by Gasteiger charge is -2.52. The maximum absolute atomic E-state index is 14.0. The summed E-state index contributed by atoms with van der Waals surface area (Å²) in [5, 5.41) is 7.29. The van der Waals surface area contributed by atoms with E-state index < -0.39 is 18.1 Å². The lowest BCUT2D eigenvalue weighted by atomic mass is 9.88. The largest absolute Gasteiger partial charge is 0.374 e. The highest BCUT2D eigenvalue weighted by atomic mass is 16.6. The Bertz CT molecular complexity index is 2200. The molecule has 1 fully saturated rings. The van der Waals surface area contributed by atoms with Crippen molar-refractivity contribution in [2.75, 3.05) is 14.2 Å². The number of carbonyl (C=O) groups is 2. The molecule has 3 aliphatic rings. The summed E-state index contributed by atoms with van der Waals surface area (Å²) in [7, 11) is 3.61. The van der Waals surface area contributed by atoms with Gasteiger partial charge >= 0.3 is 0 Å². The molecule has 44 heavy (non-hydrogen) atoms. The van der Waals surface area contributed by atoms with E-state index in [1.54, 1.807) is 7.11 Å². The smallest absolute Gasteiger partial charge is 0.253 e. The van der Waals surface area contributed by atoms with Crippen molar-refractivity contribution in [3.05, 3.63) is 95.6 Å². The molecule has 9 rings (SSSR count). The summed E-state index contributed by atoms with van der Waals surface area (Å²) >= 11 is 0. The first-order chi connectivity index (χ1) is 21.5. The van der Waals surface area contributed by atoms with Crippen LogP contribution in [0.3, 0.4) is 0 Å². The fraction of sp³-hybridized carbons (Fsp3) is 0.278. The van der Waals surface area contributed by atoms with Crippen LogP contribution in [-0.4, -0.2) is 52.2 Å². The van der Waals surface area contributed by atoms with Gasteiger partial charge in [0.1, 0.15) is 12.3 Å². The van der Waals surface area contributed by atoms with Crippen LogP contribution < -0.4 is 5.32 Å². The fourth-order valence-corrected chi connectivity index (χ4v) is 8.57. The highest BCUT2D eigenvalue weighted by Crippen LogP contribution is 2.55. The molecule has 1 saturated heterocycles. The maximum atomic E-state index is 14.0. The third kappa shape index (κ3) is 2.99. The maximum Gasteiger partial charge on any atom is 0.253 e. The Hall–Kier alpha value is -4.66. The lowest BCUT2D eigenvalue weighted by Crippen LogP contribution is -2.62. The third-order valence-corrected chi connectivity index (χ3v) is 10.4. The number of nitrogens with one attached hydrogen (secondary N) is 1. The van der Waals surface area contributed by atoms with Crippen LogP contribution >= 0.6 is 0 Å². The minimum Gasteiger partial charge on any atom is -0.374 e. The number of methoxy groups -OCH3 is 1. The number of rotatable bonds is 4. The highest BCUT2D eigenvalue weighted by Gasteiger charge is 2.56. The van der Waals surface area contributed by atoms with Crippen molar-refractivity contribution in [1.29, 1.82) is 0 Å². The zero-order valence-electron chi connectivity index (χ0n) is 24.8. The van der Waals surface area contributed by atoms with Gasteiger partial charge in [0.15, 0.2) is 5.72 Å². The van der Waals surface area contributed by atoms with E-state index >= 15 is 0 Å². The first kappa shape index (κ1) is 25.8. The number of amides is 2. The molecular formula is C36H32N4O4. The van der Waals surface area contributed by atoms with Gasteiger partial charge in [-0.05, 0) is 36.2 Å². The highest BCUT2D eigenvalue weighted by molar-refractivity contribution is 6.31. The van der Waals surface area contributed by atoms with E-state index in [1.165, 1.54) is 0 Å². The van der Waals surface area contributed by atoms with Crippen LogP contribution in [0.1, 0.15) is 52.3 Å². The number of aromatic nitrogens is 2. The van der Waals surface area contributed by atoms with Crippen molar-refractivity contribution in [2.24, 2.45) is 0 Å². The molecule has 220 valence electrons. The Kier molecular flexibility index (Phi) is 5.24. The third-order valence-electron chi connectivity index (χ3n) is 10.4.